The maximum absolute atomic E-state index is 13.3. The summed E-state index contributed by atoms with van der Waals surface area (Å²) >= 11 is 0. The van der Waals surface area contributed by atoms with Gasteiger partial charge in [-0.3, -0.25) is 9.67 Å². The smallest absolute Gasteiger partial charge is 0.383 e. The highest BCUT2D eigenvalue weighted by Crippen LogP contribution is 2.44. The molecule has 178 valence electrons. The van der Waals surface area contributed by atoms with E-state index in [4.69, 9.17) is 5.73 Å². The molecule has 5 rings (SSSR count). The largest absolute Gasteiger partial charge is 0.419 e. The minimum absolute atomic E-state index is 0.161. The van der Waals surface area contributed by atoms with E-state index >= 15 is 0 Å². The Morgan fingerprint density at radius 3 is 2.74 bits per heavy atom. The first-order valence-electron chi connectivity index (χ1n) is 11.0. The average molecular weight is 471 g/mol. The van der Waals surface area contributed by atoms with Crippen LogP contribution in [-0.2, 0) is 18.1 Å². The summed E-state index contributed by atoms with van der Waals surface area (Å²) in [6.07, 6.45) is -0.0140. The minimum atomic E-state index is -4.59. The number of fused-ring (bicyclic) bond motifs is 2. The van der Waals surface area contributed by atoms with Crippen molar-refractivity contribution in [2.45, 2.75) is 43.9 Å². The Hall–Kier alpha value is -3.63. The number of halogens is 3. The zero-order chi connectivity index (χ0) is 24.1. The van der Waals surface area contributed by atoms with Crippen LogP contribution < -0.4 is 11.1 Å². The Morgan fingerprint density at radius 1 is 1.21 bits per heavy atom. The molecule has 0 radical (unpaired) electrons. The number of hydrogen-bond acceptors (Lipinski definition) is 5. The van der Waals surface area contributed by atoms with Gasteiger partial charge in [0.05, 0.1) is 23.0 Å². The summed E-state index contributed by atoms with van der Waals surface area (Å²) in [5.74, 6) is -0.558. The van der Waals surface area contributed by atoms with Crippen LogP contribution in [0.15, 0.2) is 42.7 Å². The van der Waals surface area contributed by atoms with E-state index in [-0.39, 0.29) is 23.1 Å². The number of pyridine rings is 2. The van der Waals surface area contributed by atoms with Crippen LogP contribution >= 0.6 is 0 Å². The van der Waals surface area contributed by atoms with E-state index < -0.39 is 17.6 Å². The predicted molar refractivity (Wildman–Crippen MR) is 119 cm³/mol. The van der Waals surface area contributed by atoms with Crippen LogP contribution in [0.25, 0.3) is 11.3 Å². The van der Waals surface area contributed by atoms with Gasteiger partial charge in [0.15, 0.2) is 0 Å². The van der Waals surface area contributed by atoms with Crippen LogP contribution in [0.2, 0.25) is 0 Å². The SMILES string of the molecule is CC(NC(=O)N1CCC2(CCn3nc(-c4cnc(N)c(C(F)(F)F)c4)cc32)C1)c1ccccn1. The van der Waals surface area contributed by atoms with Crippen molar-refractivity contribution in [2.75, 3.05) is 18.8 Å². The Bertz CT molecular complexity index is 1230. The summed E-state index contributed by atoms with van der Waals surface area (Å²) in [5, 5.41) is 7.53. The highest BCUT2D eigenvalue weighted by atomic mass is 19.4. The van der Waals surface area contributed by atoms with Gasteiger partial charge in [-0.2, -0.15) is 18.3 Å². The third-order valence-electron chi connectivity index (χ3n) is 6.76. The fraction of sp³-hybridized carbons (Fsp3) is 0.391. The number of nitrogens with zero attached hydrogens (tertiary/aromatic N) is 5. The number of nitrogen functional groups attached to an aromatic ring is 1. The molecule has 1 spiro atoms. The number of hydrogen-bond donors (Lipinski definition) is 2. The number of urea groups is 1. The number of likely N-dealkylation sites (tertiary alicyclic amines) is 1. The first-order valence-corrected chi connectivity index (χ1v) is 11.0. The molecule has 2 amide bonds. The normalized spacial score (nSPS) is 20.5. The molecule has 11 heteroatoms. The molecule has 2 aliphatic heterocycles. The second kappa shape index (κ2) is 8.00. The topological polar surface area (TPSA) is 102 Å². The zero-order valence-corrected chi connectivity index (χ0v) is 18.5. The van der Waals surface area contributed by atoms with Crippen LogP contribution in [0.3, 0.4) is 0 Å². The quantitative estimate of drug-likeness (QED) is 0.606. The molecule has 0 aromatic carbocycles. The third kappa shape index (κ3) is 3.84. The van der Waals surface area contributed by atoms with Gasteiger partial charge >= 0.3 is 12.2 Å². The van der Waals surface area contributed by atoms with Crippen molar-refractivity contribution >= 4 is 11.8 Å². The van der Waals surface area contributed by atoms with Crippen molar-refractivity contribution in [3.8, 4) is 11.3 Å². The van der Waals surface area contributed by atoms with E-state index in [0.717, 1.165) is 30.3 Å². The lowest BCUT2D eigenvalue weighted by atomic mass is 9.82. The lowest BCUT2D eigenvalue weighted by Gasteiger charge is -2.24. The monoisotopic (exact) mass is 471 g/mol. The molecule has 2 unspecified atom stereocenters. The molecule has 3 aromatic rings. The Balaban J connectivity index is 1.34. The van der Waals surface area contributed by atoms with Crippen LogP contribution in [0.4, 0.5) is 23.8 Å². The molecule has 2 atom stereocenters. The second-order valence-electron chi connectivity index (χ2n) is 8.92. The Labute approximate surface area is 194 Å². The molecular weight excluding hydrogens is 447 g/mol. The van der Waals surface area contributed by atoms with Crippen molar-refractivity contribution in [1.29, 1.82) is 0 Å². The minimum Gasteiger partial charge on any atom is -0.383 e. The number of alkyl halides is 3. The molecule has 5 heterocycles. The van der Waals surface area contributed by atoms with Gasteiger partial charge in [0.1, 0.15) is 5.82 Å². The first-order chi connectivity index (χ1) is 16.2. The van der Waals surface area contributed by atoms with Gasteiger partial charge in [-0.1, -0.05) is 6.07 Å². The third-order valence-corrected chi connectivity index (χ3v) is 6.76. The highest BCUT2D eigenvalue weighted by Gasteiger charge is 2.47. The number of carbonyl (C=O) groups excluding carboxylic acids is 1. The zero-order valence-electron chi connectivity index (χ0n) is 18.5. The number of aromatic nitrogens is 4. The van der Waals surface area contributed by atoms with Crippen molar-refractivity contribution in [3.63, 3.8) is 0 Å². The maximum atomic E-state index is 13.3. The first kappa shape index (κ1) is 22.2. The van der Waals surface area contributed by atoms with Crippen molar-refractivity contribution < 1.29 is 18.0 Å². The number of nitrogens with one attached hydrogen (secondary N) is 1. The number of amides is 2. The average Bonchev–Trinajstić information content (AvgIpc) is 3.51. The lowest BCUT2D eigenvalue weighted by Crippen LogP contribution is -2.41. The molecule has 0 saturated carbocycles. The standard InChI is InChI=1S/C23H24F3N7O/c1-14(17-4-2-3-7-28-17)30-21(34)32-8-5-22(13-32)6-9-33-19(22)11-18(31-33)15-10-16(23(24,25)26)20(27)29-12-15/h2-4,7,10-12,14H,5-6,8-9,13H2,1H3,(H2,27,29)(H,30,34). The summed E-state index contributed by atoms with van der Waals surface area (Å²) in [7, 11) is 0. The summed E-state index contributed by atoms with van der Waals surface area (Å²) < 4.78 is 41.6. The molecule has 1 fully saturated rings. The van der Waals surface area contributed by atoms with E-state index in [2.05, 4.69) is 20.4 Å². The molecule has 0 bridgehead atoms. The fourth-order valence-electron chi connectivity index (χ4n) is 4.89. The summed E-state index contributed by atoms with van der Waals surface area (Å²) in [4.78, 5) is 22.7. The highest BCUT2D eigenvalue weighted by molar-refractivity contribution is 5.75. The number of anilines is 1. The molecule has 3 N–H and O–H groups in total. The molecule has 1 saturated heterocycles. The van der Waals surface area contributed by atoms with Crippen LogP contribution in [0.1, 0.15) is 42.8 Å². The Morgan fingerprint density at radius 2 is 2.00 bits per heavy atom. The van der Waals surface area contributed by atoms with Gasteiger partial charge in [0.2, 0.25) is 0 Å². The van der Waals surface area contributed by atoms with E-state index in [1.165, 1.54) is 6.20 Å². The van der Waals surface area contributed by atoms with Crippen molar-refractivity contribution in [2.24, 2.45) is 0 Å². The van der Waals surface area contributed by atoms with Crippen molar-refractivity contribution in [1.82, 2.24) is 30.0 Å². The maximum Gasteiger partial charge on any atom is 0.419 e. The van der Waals surface area contributed by atoms with Gasteiger partial charge < -0.3 is 16.0 Å². The van der Waals surface area contributed by atoms with E-state index in [0.29, 0.717) is 25.3 Å². The fourth-order valence-corrected chi connectivity index (χ4v) is 4.89. The number of nitrogens with two attached hydrogens (primary N) is 1. The van der Waals surface area contributed by atoms with Gasteiger partial charge in [-0.05, 0) is 44.0 Å². The molecule has 34 heavy (non-hydrogen) atoms. The number of rotatable bonds is 3. The Kier molecular flexibility index (Phi) is 5.22. The lowest BCUT2D eigenvalue weighted by molar-refractivity contribution is -0.137. The summed E-state index contributed by atoms with van der Waals surface area (Å²) in [5.41, 5.74) is 6.57. The van der Waals surface area contributed by atoms with Gasteiger partial charge in [0.25, 0.3) is 0 Å². The van der Waals surface area contributed by atoms with E-state index in [9.17, 15) is 18.0 Å². The van der Waals surface area contributed by atoms with Crippen LogP contribution in [0, 0.1) is 0 Å². The number of carbonyl (C=O) groups is 1. The molecule has 2 aliphatic rings. The van der Waals surface area contributed by atoms with Gasteiger partial charge in [-0.15, -0.1) is 0 Å². The van der Waals surface area contributed by atoms with Gasteiger partial charge in [0, 0.05) is 48.7 Å². The predicted octanol–water partition coefficient (Wildman–Crippen LogP) is 3.76. The van der Waals surface area contributed by atoms with Crippen LogP contribution in [-0.4, -0.2) is 43.8 Å². The molecule has 8 nitrogen and oxygen atoms in total. The van der Waals surface area contributed by atoms with Gasteiger partial charge in [-0.25, -0.2) is 9.78 Å². The second-order valence-corrected chi connectivity index (χ2v) is 8.92. The summed E-state index contributed by atoms with van der Waals surface area (Å²) in [6.45, 7) is 3.64. The summed E-state index contributed by atoms with van der Waals surface area (Å²) in [6, 6.07) is 7.98. The van der Waals surface area contributed by atoms with E-state index in [1.807, 2.05) is 35.9 Å². The molecule has 0 aliphatic carbocycles. The van der Waals surface area contributed by atoms with Crippen molar-refractivity contribution in [3.05, 3.63) is 59.7 Å². The van der Waals surface area contributed by atoms with E-state index in [1.54, 1.807) is 11.1 Å². The molecular formula is C23H24F3N7O. The number of aryl methyl sites for hydroxylation is 1. The van der Waals surface area contributed by atoms with Crippen LogP contribution in [0.5, 0.6) is 0 Å². The molecule has 3 aromatic heterocycles.